The molecule has 1 heterocycles. The van der Waals surface area contributed by atoms with Crippen LogP contribution in [0, 0.1) is 0 Å². The van der Waals surface area contributed by atoms with Crippen LogP contribution < -0.4 is 5.32 Å². The monoisotopic (exact) mass is 220 g/mol. The highest BCUT2D eigenvalue weighted by Crippen LogP contribution is 2.34. The van der Waals surface area contributed by atoms with Crippen molar-refractivity contribution < 1.29 is 4.74 Å². The van der Waals surface area contributed by atoms with Crippen LogP contribution in [-0.4, -0.2) is 24.2 Å². The van der Waals surface area contributed by atoms with Gasteiger partial charge in [-0.15, -0.1) is 0 Å². The molecule has 0 aliphatic heterocycles. The number of ether oxygens (including phenoxy) is 1. The lowest BCUT2D eigenvalue weighted by Gasteiger charge is -2.41. The summed E-state index contributed by atoms with van der Waals surface area (Å²) in [6.45, 7) is 3.12. The Labute approximate surface area is 97.2 Å². The summed E-state index contributed by atoms with van der Waals surface area (Å²) in [5.41, 5.74) is 1.38. The second-order valence-electron chi connectivity index (χ2n) is 4.62. The molecule has 0 saturated heterocycles. The second-order valence-corrected chi connectivity index (χ2v) is 4.62. The van der Waals surface area contributed by atoms with Crippen LogP contribution in [0.4, 0.5) is 0 Å². The molecule has 1 atom stereocenters. The summed E-state index contributed by atoms with van der Waals surface area (Å²) in [7, 11) is 1.82. The molecule has 1 aliphatic carbocycles. The Morgan fingerprint density at radius 2 is 2.12 bits per heavy atom. The first-order valence-electron chi connectivity index (χ1n) is 5.94. The molecule has 1 aliphatic rings. The first-order valence-corrected chi connectivity index (χ1v) is 5.94. The summed E-state index contributed by atoms with van der Waals surface area (Å²) in [5, 5.41) is 3.54. The van der Waals surface area contributed by atoms with Crippen molar-refractivity contribution in [3.63, 3.8) is 0 Å². The third-order valence-electron chi connectivity index (χ3n) is 3.63. The minimum Gasteiger partial charge on any atom is -0.377 e. The Morgan fingerprint density at radius 1 is 1.44 bits per heavy atom. The fourth-order valence-electron chi connectivity index (χ4n) is 2.13. The average molecular weight is 220 g/mol. The van der Waals surface area contributed by atoms with Crippen molar-refractivity contribution in [2.24, 2.45) is 0 Å². The fraction of sp³-hybridized carbons (Fsp3) is 0.615. The van der Waals surface area contributed by atoms with E-state index < -0.39 is 0 Å². The summed E-state index contributed by atoms with van der Waals surface area (Å²) >= 11 is 0. The number of nitrogens with zero attached hydrogens (tertiary/aromatic N) is 1. The Bertz CT molecular complexity index is 316. The number of pyridine rings is 1. The Morgan fingerprint density at radius 3 is 2.62 bits per heavy atom. The normalized spacial score (nSPS) is 20.1. The van der Waals surface area contributed by atoms with Gasteiger partial charge in [-0.05, 0) is 43.9 Å². The fourth-order valence-corrected chi connectivity index (χ4v) is 2.13. The van der Waals surface area contributed by atoms with Gasteiger partial charge in [0.05, 0.1) is 5.60 Å². The lowest BCUT2D eigenvalue weighted by Crippen LogP contribution is -2.48. The molecule has 16 heavy (non-hydrogen) atoms. The molecule has 1 aromatic rings. The molecule has 3 nitrogen and oxygen atoms in total. The first-order chi connectivity index (χ1) is 7.76. The highest BCUT2D eigenvalue weighted by atomic mass is 16.5. The van der Waals surface area contributed by atoms with Gasteiger partial charge in [-0.2, -0.15) is 0 Å². The summed E-state index contributed by atoms with van der Waals surface area (Å²) in [5.74, 6) is 0. The van der Waals surface area contributed by atoms with E-state index in [9.17, 15) is 0 Å². The molecule has 1 aromatic heterocycles. The van der Waals surface area contributed by atoms with Gasteiger partial charge in [-0.3, -0.25) is 4.98 Å². The van der Waals surface area contributed by atoms with Crippen molar-refractivity contribution in [3.8, 4) is 0 Å². The highest BCUT2D eigenvalue weighted by Gasteiger charge is 2.36. The Hall–Kier alpha value is -0.930. The van der Waals surface area contributed by atoms with Crippen molar-refractivity contribution in [1.82, 2.24) is 10.3 Å². The van der Waals surface area contributed by atoms with Gasteiger partial charge in [-0.25, -0.2) is 0 Å². The standard InChI is InChI=1S/C13H20N2O/c1-11(12-4-8-14-9-5-12)15-10-13(16-2)6-3-7-13/h4-5,8-9,11,15H,3,6-7,10H2,1-2H3. The van der Waals surface area contributed by atoms with Crippen LogP contribution in [0.1, 0.15) is 37.8 Å². The largest absolute Gasteiger partial charge is 0.377 e. The van der Waals surface area contributed by atoms with E-state index in [4.69, 9.17) is 4.74 Å². The van der Waals surface area contributed by atoms with Crippen LogP contribution in [0.3, 0.4) is 0 Å². The van der Waals surface area contributed by atoms with E-state index in [2.05, 4.69) is 29.4 Å². The van der Waals surface area contributed by atoms with Gasteiger partial charge >= 0.3 is 0 Å². The zero-order valence-electron chi connectivity index (χ0n) is 10.1. The maximum absolute atomic E-state index is 5.59. The maximum atomic E-state index is 5.59. The van der Waals surface area contributed by atoms with Gasteiger partial charge in [0.1, 0.15) is 0 Å². The van der Waals surface area contributed by atoms with Crippen molar-refractivity contribution in [3.05, 3.63) is 30.1 Å². The van der Waals surface area contributed by atoms with Crippen LogP contribution in [-0.2, 0) is 4.74 Å². The average Bonchev–Trinajstić information content (AvgIpc) is 2.29. The smallest absolute Gasteiger partial charge is 0.0802 e. The minimum atomic E-state index is 0.0985. The van der Waals surface area contributed by atoms with Crippen molar-refractivity contribution in [2.45, 2.75) is 37.8 Å². The number of hydrogen-bond donors (Lipinski definition) is 1. The number of rotatable bonds is 5. The predicted octanol–water partition coefficient (Wildman–Crippen LogP) is 2.30. The van der Waals surface area contributed by atoms with Gasteiger partial charge in [-0.1, -0.05) is 0 Å². The summed E-state index contributed by atoms with van der Waals surface area (Å²) in [6, 6.07) is 4.46. The molecule has 0 amide bonds. The molecule has 1 saturated carbocycles. The van der Waals surface area contributed by atoms with Crippen LogP contribution in [0.2, 0.25) is 0 Å². The third-order valence-corrected chi connectivity index (χ3v) is 3.63. The quantitative estimate of drug-likeness (QED) is 0.826. The second kappa shape index (κ2) is 4.93. The zero-order valence-corrected chi connectivity index (χ0v) is 10.1. The minimum absolute atomic E-state index is 0.0985. The molecule has 0 spiro atoms. The zero-order chi connectivity index (χ0) is 11.4. The van der Waals surface area contributed by atoms with E-state index in [1.54, 1.807) is 0 Å². The van der Waals surface area contributed by atoms with E-state index >= 15 is 0 Å². The topological polar surface area (TPSA) is 34.1 Å². The first kappa shape index (κ1) is 11.6. The molecule has 0 aromatic carbocycles. The molecule has 0 radical (unpaired) electrons. The Kier molecular flexibility index (Phi) is 3.56. The van der Waals surface area contributed by atoms with E-state index in [0.29, 0.717) is 6.04 Å². The SMILES string of the molecule is COC1(CNC(C)c2ccncc2)CCC1. The van der Waals surface area contributed by atoms with Crippen LogP contribution in [0.15, 0.2) is 24.5 Å². The molecular formula is C13H20N2O. The predicted molar refractivity (Wildman–Crippen MR) is 64.2 cm³/mol. The molecular weight excluding hydrogens is 200 g/mol. The van der Waals surface area contributed by atoms with Crippen molar-refractivity contribution in [2.75, 3.05) is 13.7 Å². The van der Waals surface area contributed by atoms with Crippen LogP contribution in [0.5, 0.6) is 0 Å². The lowest BCUT2D eigenvalue weighted by atomic mass is 9.80. The van der Waals surface area contributed by atoms with Crippen LogP contribution >= 0.6 is 0 Å². The Balaban J connectivity index is 1.86. The summed E-state index contributed by atoms with van der Waals surface area (Å²) in [6.07, 6.45) is 7.32. The molecule has 1 N–H and O–H groups in total. The number of aromatic nitrogens is 1. The summed E-state index contributed by atoms with van der Waals surface area (Å²) in [4.78, 5) is 4.03. The van der Waals surface area contributed by atoms with Gasteiger partial charge in [0, 0.05) is 32.1 Å². The van der Waals surface area contributed by atoms with Gasteiger partial charge in [0.2, 0.25) is 0 Å². The molecule has 1 unspecified atom stereocenters. The van der Waals surface area contributed by atoms with Crippen molar-refractivity contribution >= 4 is 0 Å². The molecule has 88 valence electrons. The number of nitrogens with one attached hydrogen (secondary N) is 1. The third kappa shape index (κ3) is 2.42. The molecule has 3 heteroatoms. The van der Waals surface area contributed by atoms with Crippen molar-refractivity contribution in [1.29, 1.82) is 0 Å². The van der Waals surface area contributed by atoms with Gasteiger partial charge in [0.25, 0.3) is 0 Å². The van der Waals surface area contributed by atoms with Crippen LogP contribution in [0.25, 0.3) is 0 Å². The van der Waals surface area contributed by atoms with Gasteiger partial charge < -0.3 is 10.1 Å². The molecule has 1 fully saturated rings. The maximum Gasteiger partial charge on any atom is 0.0802 e. The van der Waals surface area contributed by atoms with E-state index in [-0.39, 0.29) is 5.60 Å². The number of hydrogen-bond acceptors (Lipinski definition) is 3. The molecule has 0 bridgehead atoms. The van der Waals surface area contributed by atoms with Gasteiger partial charge in [0.15, 0.2) is 0 Å². The van der Waals surface area contributed by atoms with E-state index in [1.165, 1.54) is 24.8 Å². The van der Waals surface area contributed by atoms with E-state index in [1.807, 2.05) is 19.5 Å². The number of methoxy groups -OCH3 is 1. The highest BCUT2D eigenvalue weighted by molar-refractivity contribution is 5.14. The molecule has 2 rings (SSSR count). The summed E-state index contributed by atoms with van der Waals surface area (Å²) < 4.78 is 5.59. The van der Waals surface area contributed by atoms with E-state index in [0.717, 1.165) is 6.54 Å². The lowest BCUT2D eigenvalue weighted by molar-refractivity contribution is -0.0706.